The van der Waals surface area contributed by atoms with Gasteiger partial charge in [-0.1, -0.05) is 18.2 Å². The van der Waals surface area contributed by atoms with E-state index in [4.69, 9.17) is 9.47 Å². The van der Waals surface area contributed by atoms with E-state index >= 15 is 0 Å². The first kappa shape index (κ1) is 13.2. The van der Waals surface area contributed by atoms with Crippen molar-refractivity contribution in [1.82, 2.24) is 0 Å². The van der Waals surface area contributed by atoms with E-state index in [-0.39, 0.29) is 5.60 Å². The Hall–Kier alpha value is -1.28. The van der Waals surface area contributed by atoms with Gasteiger partial charge in [0.25, 0.3) is 0 Å². The third kappa shape index (κ3) is 2.94. The van der Waals surface area contributed by atoms with Gasteiger partial charge in [0.1, 0.15) is 5.75 Å². The van der Waals surface area contributed by atoms with E-state index in [1.807, 2.05) is 19.1 Å². The lowest BCUT2D eigenvalue weighted by Crippen LogP contribution is -2.28. The number of methoxy groups -OCH3 is 1. The van der Waals surface area contributed by atoms with Crippen LogP contribution in [0.3, 0.4) is 0 Å². The number of ether oxygens (including phenoxy) is 2. The van der Waals surface area contributed by atoms with Crippen LogP contribution in [0.4, 0.5) is 0 Å². The summed E-state index contributed by atoms with van der Waals surface area (Å²) in [6.45, 7) is 4.90. The maximum Gasteiger partial charge on any atom is 0.119 e. The van der Waals surface area contributed by atoms with Crippen LogP contribution in [-0.2, 0) is 4.74 Å². The van der Waals surface area contributed by atoms with Gasteiger partial charge < -0.3 is 9.47 Å². The fraction of sp³-hybridized carbons (Fsp3) is 0.500. The van der Waals surface area contributed by atoms with E-state index in [0.29, 0.717) is 6.61 Å². The van der Waals surface area contributed by atoms with E-state index in [1.165, 1.54) is 11.1 Å². The normalized spacial score (nSPS) is 23.6. The second-order valence-electron chi connectivity index (χ2n) is 5.04. The van der Waals surface area contributed by atoms with Crippen molar-refractivity contribution in [2.75, 3.05) is 13.7 Å². The third-order valence-electron chi connectivity index (χ3n) is 3.73. The fourth-order valence-electron chi connectivity index (χ4n) is 2.32. The van der Waals surface area contributed by atoms with Gasteiger partial charge in [-0.25, -0.2) is 0 Å². The lowest BCUT2D eigenvalue weighted by atomic mass is 9.84. The van der Waals surface area contributed by atoms with Crippen molar-refractivity contribution in [3.05, 3.63) is 35.9 Å². The summed E-state index contributed by atoms with van der Waals surface area (Å²) in [7, 11) is 1.80. The highest BCUT2D eigenvalue weighted by molar-refractivity contribution is 5.67. The lowest BCUT2D eigenvalue weighted by Gasteiger charge is -2.31. The minimum atomic E-state index is 0.0226. The topological polar surface area (TPSA) is 18.5 Å². The molecule has 18 heavy (non-hydrogen) atoms. The van der Waals surface area contributed by atoms with Crippen LogP contribution in [0.1, 0.15) is 38.7 Å². The Bertz CT molecular complexity index is 419. The molecule has 2 rings (SSSR count). The van der Waals surface area contributed by atoms with Crippen molar-refractivity contribution in [2.45, 2.75) is 38.7 Å². The Labute approximate surface area is 110 Å². The highest BCUT2D eigenvalue weighted by Crippen LogP contribution is 2.34. The summed E-state index contributed by atoms with van der Waals surface area (Å²) in [5.74, 6) is 0.944. The average Bonchev–Trinajstić information content (AvgIpc) is 2.41. The molecule has 1 aliphatic carbocycles. The minimum Gasteiger partial charge on any atom is -0.494 e. The number of hydrogen-bond acceptors (Lipinski definition) is 2. The lowest BCUT2D eigenvalue weighted by molar-refractivity contribution is 0.000130. The molecule has 1 atom stereocenters. The Morgan fingerprint density at radius 3 is 2.44 bits per heavy atom. The SMILES string of the molecule is CCOc1ccc(C2=CCC(C)(OC)CC2)cc1. The van der Waals surface area contributed by atoms with Crippen molar-refractivity contribution in [2.24, 2.45) is 0 Å². The molecule has 1 unspecified atom stereocenters. The first-order valence-corrected chi connectivity index (χ1v) is 6.64. The Balaban J connectivity index is 2.09. The van der Waals surface area contributed by atoms with E-state index < -0.39 is 0 Å². The molecule has 98 valence electrons. The molecule has 0 heterocycles. The number of benzene rings is 1. The molecule has 0 saturated carbocycles. The molecule has 2 nitrogen and oxygen atoms in total. The molecule has 0 aromatic heterocycles. The highest BCUT2D eigenvalue weighted by atomic mass is 16.5. The molecule has 0 radical (unpaired) electrons. The first-order chi connectivity index (χ1) is 8.67. The molecule has 0 fully saturated rings. The van der Waals surface area contributed by atoms with Crippen LogP contribution in [-0.4, -0.2) is 19.3 Å². The van der Waals surface area contributed by atoms with Crippen molar-refractivity contribution in [3.8, 4) is 5.75 Å². The largest absolute Gasteiger partial charge is 0.494 e. The summed E-state index contributed by atoms with van der Waals surface area (Å²) >= 11 is 0. The molecule has 0 spiro atoms. The van der Waals surface area contributed by atoms with Crippen molar-refractivity contribution in [3.63, 3.8) is 0 Å². The van der Waals surface area contributed by atoms with E-state index in [0.717, 1.165) is 25.0 Å². The summed E-state index contributed by atoms with van der Waals surface area (Å²) in [5, 5.41) is 0. The van der Waals surface area contributed by atoms with Crippen LogP contribution >= 0.6 is 0 Å². The standard InChI is InChI=1S/C16H22O2/c1-4-18-15-7-5-13(6-8-15)14-9-11-16(2,17-3)12-10-14/h5-9H,4,10-12H2,1-3H3. The second-order valence-corrected chi connectivity index (χ2v) is 5.04. The third-order valence-corrected chi connectivity index (χ3v) is 3.73. The van der Waals surface area contributed by atoms with Crippen LogP contribution in [0.5, 0.6) is 5.75 Å². The summed E-state index contributed by atoms with van der Waals surface area (Å²) < 4.78 is 11.0. The van der Waals surface area contributed by atoms with Crippen LogP contribution in [0.15, 0.2) is 30.3 Å². The zero-order valence-electron chi connectivity index (χ0n) is 11.5. The van der Waals surface area contributed by atoms with Gasteiger partial charge in [-0.15, -0.1) is 0 Å². The zero-order valence-corrected chi connectivity index (χ0v) is 11.5. The summed E-state index contributed by atoms with van der Waals surface area (Å²) in [6, 6.07) is 8.38. The van der Waals surface area contributed by atoms with E-state index in [1.54, 1.807) is 7.11 Å². The molecule has 1 aliphatic rings. The van der Waals surface area contributed by atoms with Crippen molar-refractivity contribution in [1.29, 1.82) is 0 Å². The van der Waals surface area contributed by atoms with Gasteiger partial charge in [0.05, 0.1) is 12.2 Å². The van der Waals surface area contributed by atoms with Gasteiger partial charge in [-0.3, -0.25) is 0 Å². The molecule has 0 amide bonds. The van der Waals surface area contributed by atoms with Gasteiger partial charge in [-0.05, 0) is 56.4 Å². The smallest absolute Gasteiger partial charge is 0.119 e. The van der Waals surface area contributed by atoms with Gasteiger partial charge in [0.15, 0.2) is 0 Å². The molecule has 0 aliphatic heterocycles. The molecule has 0 saturated heterocycles. The summed E-state index contributed by atoms with van der Waals surface area (Å²) in [6.07, 6.45) is 5.47. The van der Waals surface area contributed by atoms with Crippen LogP contribution in [0.25, 0.3) is 5.57 Å². The molecule has 0 N–H and O–H groups in total. The monoisotopic (exact) mass is 246 g/mol. The Morgan fingerprint density at radius 2 is 1.94 bits per heavy atom. The van der Waals surface area contributed by atoms with Crippen molar-refractivity contribution < 1.29 is 9.47 Å². The Morgan fingerprint density at radius 1 is 1.22 bits per heavy atom. The first-order valence-electron chi connectivity index (χ1n) is 6.64. The van der Waals surface area contributed by atoms with Crippen molar-refractivity contribution >= 4 is 5.57 Å². The van der Waals surface area contributed by atoms with Gasteiger partial charge in [-0.2, -0.15) is 0 Å². The Kier molecular flexibility index (Phi) is 4.07. The van der Waals surface area contributed by atoms with E-state index in [2.05, 4.69) is 25.1 Å². The number of allylic oxidation sites excluding steroid dienone is 1. The second kappa shape index (κ2) is 5.57. The zero-order chi connectivity index (χ0) is 13.0. The minimum absolute atomic E-state index is 0.0226. The average molecular weight is 246 g/mol. The molecule has 1 aromatic rings. The molecular weight excluding hydrogens is 224 g/mol. The predicted octanol–water partition coefficient (Wildman–Crippen LogP) is 4.06. The highest BCUT2D eigenvalue weighted by Gasteiger charge is 2.26. The molecule has 0 bridgehead atoms. The maximum absolute atomic E-state index is 5.55. The van der Waals surface area contributed by atoms with Gasteiger partial charge in [0, 0.05) is 7.11 Å². The molecule has 1 aromatic carbocycles. The summed E-state index contributed by atoms with van der Waals surface area (Å²) in [5.41, 5.74) is 2.75. The predicted molar refractivity (Wildman–Crippen MR) is 74.9 cm³/mol. The summed E-state index contributed by atoms with van der Waals surface area (Å²) in [4.78, 5) is 0. The van der Waals surface area contributed by atoms with Gasteiger partial charge >= 0.3 is 0 Å². The van der Waals surface area contributed by atoms with Crippen LogP contribution < -0.4 is 4.74 Å². The fourth-order valence-corrected chi connectivity index (χ4v) is 2.32. The van der Waals surface area contributed by atoms with Crippen LogP contribution in [0, 0.1) is 0 Å². The molecular formula is C16H22O2. The van der Waals surface area contributed by atoms with Crippen LogP contribution in [0.2, 0.25) is 0 Å². The number of rotatable bonds is 4. The molecule has 2 heteroatoms. The van der Waals surface area contributed by atoms with E-state index in [9.17, 15) is 0 Å². The quantitative estimate of drug-likeness (QED) is 0.797. The van der Waals surface area contributed by atoms with Gasteiger partial charge in [0.2, 0.25) is 0 Å². The maximum atomic E-state index is 5.55. The number of hydrogen-bond donors (Lipinski definition) is 0.